The monoisotopic (exact) mass is 367 g/mol. The van der Waals surface area contributed by atoms with Crippen molar-refractivity contribution >= 4 is 21.8 Å². The molecule has 1 fully saturated rings. The lowest BCUT2D eigenvalue weighted by Gasteiger charge is -2.34. The van der Waals surface area contributed by atoms with Crippen LogP contribution in [-0.4, -0.2) is 28.7 Å². The number of rotatable bonds is 1. The Hall–Kier alpha value is -1.11. The lowest BCUT2D eigenvalue weighted by molar-refractivity contribution is -0.140. The molecule has 1 aliphatic rings. The first-order valence-electron chi connectivity index (χ1n) is 6.50. The molecule has 1 heterocycles. The molecule has 1 saturated heterocycles. The van der Waals surface area contributed by atoms with E-state index in [9.17, 15) is 22.4 Å². The lowest BCUT2D eigenvalue weighted by atomic mass is 9.99. The van der Waals surface area contributed by atoms with Crippen LogP contribution in [0.3, 0.4) is 0 Å². The minimum atomic E-state index is -4.81. The summed E-state index contributed by atoms with van der Waals surface area (Å²) in [7, 11) is 0. The van der Waals surface area contributed by atoms with Crippen LogP contribution < -0.4 is 0 Å². The number of benzene rings is 1. The number of likely N-dealkylation sites (tertiary alicyclic amines) is 1. The highest BCUT2D eigenvalue weighted by atomic mass is 79.9. The second-order valence-electron chi connectivity index (χ2n) is 5.23. The molecule has 2 unspecified atom stereocenters. The van der Waals surface area contributed by atoms with Crippen LogP contribution in [0, 0.1) is 11.7 Å². The van der Waals surface area contributed by atoms with Crippen molar-refractivity contribution in [2.45, 2.75) is 24.3 Å². The summed E-state index contributed by atoms with van der Waals surface area (Å²) in [5.41, 5.74) is -1.54. The van der Waals surface area contributed by atoms with Gasteiger partial charge in [-0.25, -0.2) is 4.39 Å². The number of piperidine rings is 1. The number of hydrogen-bond donors (Lipinski definition) is 0. The van der Waals surface area contributed by atoms with E-state index in [-0.39, 0.29) is 11.5 Å². The minimum absolute atomic E-state index is 0.135. The summed E-state index contributed by atoms with van der Waals surface area (Å²) in [6.07, 6.45) is -4.07. The van der Waals surface area contributed by atoms with Crippen LogP contribution >= 0.6 is 15.9 Å². The standard InChI is InChI=1S/C14H14BrF4NO/c1-8-7-20(5-4-11(8)15)13(21)9-2-3-12(16)10(6-9)14(17,18)19/h2-3,6,8,11H,4-5,7H2,1H3. The average Bonchev–Trinajstić information content (AvgIpc) is 2.40. The SMILES string of the molecule is CC1CN(C(=O)c2ccc(F)c(C(F)(F)F)c2)CCC1Br. The molecule has 1 aliphatic heterocycles. The van der Waals surface area contributed by atoms with Gasteiger partial charge in [0.15, 0.2) is 0 Å². The molecule has 7 heteroatoms. The fourth-order valence-electron chi connectivity index (χ4n) is 2.36. The molecular weight excluding hydrogens is 354 g/mol. The Balaban J connectivity index is 2.24. The maximum Gasteiger partial charge on any atom is 0.419 e. The number of nitrogens with zero attached hydrogens (tertiary/aromatic N) is 1. The fraction of sp³-hybridized carbons (Fsp3) is 0.500. The summed E-state index contributed by atoms with van der Waals surface area (Å²) in [5.74, 6) is -1.65. The summed E-state index contributed by atoms with van der Waals surface area (Å²) in [6, 6.07) is 2.37. The van der Waals surface area contributed by atoms with Gasteiger partial charge in [-0.3, -0.25) is 4.79 Å². The van der Waals surface area contributed by atoms with Crippen LogP contribution in [-0.2, 0) is 6.18 Å². The third-order valence-corrected chi connectivity index (χ3v) is 4.97. The molecule has 21 heavy (non-hydrogen) atoms. The van der Waals surface area contributed by atoms with Crippen molar-refractivity contribution in [2.75, 3.05) is 13.1 Å². The average molecular weight is 368 g/mol. The number of alkyl halides is 4. The van der Waals surface area contributed by atoms with Gasteiger partial charge in [0.05, 0.1) is 5.56 Å². The zero-order valence-corrected chi connectivity index (χ0v) is 12.8. The van der Waals surface area contributed by atoms with Gasteiger partial charge in [0.25, 0.3) is 5.91 Å². The van der Waals surface area contributed by atoms with Gasteiger partial charge in [-0.05, 0) is 30.5 Å². The van der Waals surface area contributed by atoms with Crippen LogP contribution in [0.15, 0.2) is 18.2 Å². The van der Waals surface area contributed by atoms with Crippen LogP contribution in [0.1, 0.15) is 29.3 Å². The number of carbonyl (C=O) groups is 1. The summed E-state index contributed by atoms with van der Waals surface area (Å²) in [4.78, 5) is 14.1. The smallest absolute Gasteiger partial charge is 0.338 e. The van der Waals surface area contributed by atoms with Gasteiger partial charge >= 0.3 is 6.18 Å². The number of hydrogen-bond acceptors (Lipinski definition) is 1. The first-order valence-corrected chi connectivity index (χ1v) is 7.42. The van der Waals surface area contributed by atoms with E-state index in [0.717, 1.165) is 12.5 Å². The molecule has 1 aromatic rings. The van der Waals surface area contributed by atoms with Crippen LogP contribution in [0.4, 0.5) is 17.6 Å². The third kappa shape index (κ3) is 3.56. The summed E-state index contributed by atoms with van der Waals surface area (Å²) >= 11 is 3.50. The number of carbonyl (C=O) groups excluding carboxylic acids is 1. The normalized spacial score (nSPS) is 23.2. The molecule has 2 rings (SSSR count). The van der Waals surface area contributed by atoms with Crippen molar-refractivity contribution in [1.29, 1.82) is 0 Å². The van der Waals surface area contributed by atoms with Crippen LogP contribution in [0.5, 0.6) is 0 Å². The van der Waals surface area contributed by atoms with E-state index in [4.69, 9.17) is 0 Å². The summed E-state index contributed by atoms with van der Waals surface area (Å²) < 4.78 is 51.3. The fourth-order valence-corrected chi connectivity index (χ4v) is 2.73. The molecule has 0 radical (unpaired) electrons. The first-order chi connectivity index (χ1) is 9.70. The molecule has 1 amide bonds. The second-order valence-corrected chi connectivity index (χ2v) is 6.40. The molecule has 0 spiro atoms. The molecule has 0 aromatic heterocycles. The zero-order chi connectivity index (χ0) is 15.8. The lowest BCUT2D eigenvalue weighted by Crippen LogP contribution is -2.43. The summed E-state index contributed by atoms with van der Waals surface area (Å²) in [6.45, 7) is 2.90. The van der Waals surface area contributed by atoms with E-state index >= 15 is 0 Å². The zero-order valence-electron chi connectivity index (χ0n) is 11.3. The molecule has 0 N–H and O–H groups in total. The van der Waals surface area contributed by atoms with Gasteiger partial charge in [-0.1, -0.05) is 22.9 Å². The Morgan fingerprint density at radius 2 is 2.05 bits per heavy atom. The van der Waals surface area contributed by atoms with Gasteiger partial charge in [0, 0.05) is 23.5 Å². The second kappa shape index (κ2) is 5.94. The molecule has 0 aliphatic carbocycles. The molecule has 2 atom stereocenters. The Bertz CT molecular complexity index is 546. The van der Waals surface area contributed by atoms with Crippen molar-refractivity contribution in [3.8, 4) is 0 Å². The molecule has 0 bridgehead atoms. The van der Waals surface area contributed by atoms with E-state index in [1.807, 2.05) is 6.92 Å². The van der Waals surface area contributed by atoms with Gasteiger partial charge in [0.2, 0.25) is 0 Å². The Morgan fingerprint density at radius 3 is 2.62 bits per heavy atom. The minimum Gasteiger partial charge on any atom is -0.338 e. The molecule has 1 aromatic carbocycles. The molecule has 116 valence electrons. The van der Waals surface area contributed by atoms with E-state index in [0.29, 0.717) is 30.0 Å². The Labute approximate surface area is 128 Å². The maximum absolute atomic E-state index is 13.2. The van der Waals surface area contributed by atoms with Crippen molar-refractivity contribution < 1.29 is 22.4 Å². The van der Waals surface area contributed by atoms with Crippen LogP contribution in [0.25, 0.3) is 0 Å². The topological polar surface area (TPSA) is 20.3 Å². The quantitative estimate of drug-likeness (QED) is 0.540. The summed E-state index contributed by atoms with van der Waals surface area (Å²) in [5, 5.41) is 0. The highest BCUT2D eigenvalue weighted by molar-refractivity contribution is 9.09. The maximum atomic E-state index is 13.2. The van der Waals surface area contributed by atoms with Gasteiger partial charge in [-0.15, -0.1) is 0 Å². The van der Waals surface area contributed by atoms with Crippen molar-refractivity contribution in [3.63, 3.8) is 0 Å². The largest absolute Gasteiger partial charge is 0.419 e. The van der Waals surface area contributed by atoms with Crippen LogP contribution in [0.2, 0.25) is 0 Å². The first kappa shape index (κ1) is 16.3. The van der Waals surface area contributed by atoms with E-state index < -0.39 is 23.5 Å². The molecule has 0 saturated carbocycles. The molecular formula is C14H14BrF4NO. The number of amides is 1. The third-order valence-electron chi connectivity index (χ3n) is 3.61. The van der Waals surface area contributed by atoms with Gasteiger partial charge < -0.3 is 4.90 Å². The Kier molecular flexibility index (Phi) is 4.60. The number of halogens is 5. The molecule has 2 nitrogen and oxygen atoms in total. The van der Waals surface area contributed by atoms with E-state index in [1.165, 1.54) is 4.90 Å². The van der Waals surface area contributed by atoms with Crippen molar-refractivity contribution in [3.05, 3.63) is 35.1 Å². The predicted molar refractivity (Wildman–Crippen MR) is 73.8 cm³/mol. The van der Waals surface area contributed by atoms with Gasteiger partial charge in [-0.2, -0.15) is 13.2 Å². The van der Waals surface area contributed by atoms with Gasteiger partial charge in [0.1, 0.15) is 5.82 Å². The highest BCUT2D eigenvalue weighted by Crippen LogP contribution is 2.32. The van der Waals surface area contributed by atoms with E-state index in [2.05, 4.69) is 15.9 Å². The van der Waals surface area contributed by atoms with Crippen molar-refractivity contribution in [1.82, 2.24) is 4.90 Å². The highest BCUT2D eigenvalue weighted by Gasteiger charge is 2.35. The predicted octanol–water partition coefficient (Wildman–Crippen LogP) is 4.09. The van der Waals surface area contributed by atoms with E-state index in [1.54, 1.807) is 0 Å². The Morgan fingerprint density at radius 1 is 1.38 bits per heavy atom. The van der Waals surface area contributed by atoms with Crippen molar-refractivity contribution in [2.24, 2.45) is 5.92 Å².